The number of hydrogen-bond acceptors (Lipinski definition) is 7. The number of nitrogens with zero attached hydrogens (tertiary/aromatic N) is 1. The van der Waals surface area contributed by atoms with E-state index in [1.54, 1.807) is 29.2 Å². The van der Waals surface area contributed by atoms with Crippen molar-refractivity contribution in [2.75, 3.05) is 54.0 Å². The molecular formula is C23H28N2O7. The summed E-state index contributed by atoms with van der Waals surface area (Å²) in [6, 6.07) is 6.25. The fraction of sp³-hybridized carbons (Fsp3) is 0.391. The highest BCUT2D eigenvalue weighted by molar-refractivity contribution is 6.10. The van der Waals surface area contributed by atoms with Gasteiger partial charge in [-0.3, -0.25) is 9.59 Å². The predicted molar refractivity (Wildman–Crippen MR) is 119 cm³/mol. The van der Waals surface area contributed by atoms with Gasteiger partial charge in [0, 0.05) is 24.7 Å². The predicted octanol–water partition coefficient (Wildman–Crippen LogP) is 3.22. The van der Waals surface area contributed by atoms with Crippen LogP contribution in [-0.4, -0.2) is 65.4 Å². The van der Waals surface area contributed by atoms with Gasteiger partial charge in [-0.05, 0) is 31.0 Å². The smallest absolute Gasteiger partial charge is 0.256 e. The number of rotatable bonds is 8. The molecule has 2 aromatic carbocycles. The Morgan fingerprint density at radius 1 is 0.750 bits per heavy atom. The second-order valence-corrected chi connectivity index (χ2v) is 7.12. The van der Waals surface area contributed by atoms with Crippen LogP contribution in [0.3, 0.4) is 0 Å². The van der Waals surface area contributed by atoms with E-state index in [-0.39, 0.29) is 11.5 Å². The lowest BCUT2D eigenvalue weighted by Crippen LogP contribution is -2.29. The lowest BCUT2D eigenvalue weighted by Gasteiger charge is -2.20. The van der Waals surface area contributed by atoms with Crippen LogP contribution in [0, 0.1) is 0 Å². The number of hydrogen-bond donors (Lipinski definition) is 1. The molecule has 0 saturated carbocycles. The third kappa shape index (κ3) is 4.51. The molecule has 0 aromatic heterocycles. The zero-order valence-corrected chi connectivity index (χ0v) is 18.9. The van der Waals surface area contributed by atoms with E-state index in [0.29, 0.717) is 53.1 Å². The van der Waals surface area contributed by atoms with Crippen molar-refractivity contribution < 1.29 is 33.3 Å². The molecule has 1 saturated heterocycles. The summed E-state index contributed by atoms with van der Waals surface area (Å²) < 4.78 is 26.7. The van der Waals surface area contributed by atoms with Gasteiger partial charge in [-0.2, -0.15) is 0 Å². The summed E-state index contributed by atoms with van der Waals surface area (Å²) in [5.41, 5.74) is 0.914. The summed E-state index contributed by atoms with van der Waals surface area (Å²) in [6.45, 7) is 1.35. The molecule has 0 aliphatic carbocycles. The summed E-state index contributed by atoms with van der Waals surface area (Å²) in [6.07, 6.45) is 1.90. The fourth-order valence-electron chi connectivity index (χ4n) is 3.66. The zero-order chi connectivity index (χ0) is 23.3. The molecule has 2 aromatic rings. The molecule has 1 fully saturated rings. The number of amides is 2. The van der Waals surface area contributed by atoms with E-state index in [2.05, 4.69) is 5.32 Å². The van der Waals surface area contributed by atoms with Gasteiger partial charge in [0.25, 0.3) is 11.8 Å². The van der Waals surface area contributed by atoms with E-state index in [1.807, 2.05) is 0 Å². The minimum absolute atomic E-state index is 0.177. The maximum atomic E-state index is 13.2. The molecule has 9 heteroatoms. The SMILES string of the molecule is COc1cc(NC(=O)c2cc(OC)c(OC)c(OC)c2)c(C(=O)N2CCCC2)cc1OC. The summed E-state index contributed by atoms with van der Waals surface area (Å²) in [5, 5.41) is 2.82. The maximum absolute atomic E-state index is 13.2. The highest BCUT2D eigenvalue weighted by Gasteiger charge is 2.26. The Labute approximate surface area is 187 Å². The fourth-order valence-corrected chi connectivity index (χ4v) is 3.66. The first-order valence-corrected chi connectivity index (χ1v) is 10.1. The number of likely N-dealkylation sites (tertiary alicyclic amines) is 1. The minimum atomic E-state index is -0.452. The zero-order valence-electron chi connectivity index (χ0n) is 18.9. The van der Waals surface area contributed by atoms with Gasteiger partial charge < -0.3 is 33.9 Å². The molecule has 2 amide bonds. The van der Waals surface area contributed by atoms with Crippen molar-refractivity contribution in [3.05, 3.63) is 35.4 Å². The quantitative estimate of drug-likeness (QED) is 0.668. The molecule has 0 atom stereocenters. The molecule has 9 nitrogen and oxygen atoms in total. The van der Waals surface area contributed by atoms with Crippen molar-refractivity contribution in [3.8, 4) is 28.7 Å². The van der Waals surface area contributed by atoms with Crippen LogP contribution >= 0.6 is 0 Å². The molecule has 1 aliphatic heterocycles. The number of nitrogens with one attached hydrogen (secondary N) is 1. The largest absolute Gasteiger partial charge is 0.493 e. The number of carbonyl (C=O) groups is 2. The van der Waals surface area contributed by atoms with Gasteiger partial charge in [0.2, 0.25) is 5.75 Å². The molecule has 1 aliphatic rings. The number of carbonyl (C=O) groups excluding carboxylic acids is 2. The molecule has 0 unspecified atom stereocenters. The molecule has 3 rings (SSSR count). The second-order valence-electron chi connectivity index (χ2n) is 7.12. The Hall–Kier alpha value is -3.62. The van der Waals surface area contributed by atoms with Crippen molar-refractivity contribution in [1.82, 2.24) is 4.90 Å². The number of anilines is 1. The average Bonchev–Trinajstić information content (AvgIpc) is 3.37. The van der Waals surface area contributed by atoms with E-state index in [1.165, 1.54) is 35.5 Å². The van der Waals surface area contributed by atoms with Crippen molar-refractivity contribution in [2.24, 2.45) is 0 Å². The first-order chi connectivity index (χ1) is 15.5. The molecular weight excluding hydrogens is 416 g/mol. The van der Waals surface area contributed by atoms with Gasteiger partial charge >= 0.3 is 0 Å². The maximum Gasteiger partial charge on any atom is 0.256 e. The van der Waals surface area contributed by atoms with Crippen molar-refractivity contribution >= 4 is 17.5 Å². The Balaban J connectivity index is 2.02. The second kappa shape index (κ2) is 10.1. The monoisotopic (exact) mass is 444 g/mol. The number of methoxy groups -OCH3 is 5. The third-order valence-corrected chi connectivity index (χ3v) is 5.32. The van der Waals surface area contributed by atoms with Crippen molar-refractivity contribution in [1.29, 1.82) is 0 Å². The highest BCUT2D eigenvalue weighted by atomic mass is 16.5. The van der Waals surface area contributed by atoms with Gasteiger partial charge in [0.05, 0.1) is 46.8 Å². The lowest BCUT2D eigenvalue weighted by molar-refractivity contribution is 0.0793. The van der Waals surface area contributed by atoms with E-state index < -0.39 is 5.91 Å². The van der Waals surface area contributed by atoms with Gasteiger partial charge in [-0.1, -0.05) is 0 Å². The molecule has 32 heavy (non-hydrogen) atoms. The van der Waals surface area contributed by atoms with Gasteiger partial charge in [-0.25, -0.2) is 0 Å². The van der Waals surface area contributed by atoms with Crippen LogP contribution in [0.1, 0.15) is 33.6 Å². The highest BCUT2D eigenvalue weighted by Crippen LogP contribution is 2.39. The minimum Gasteiger partial charge on any atom is -0.493 e. The Kier molecular flexibility index (Phi) is 7.29. The Morgan fingerprint density at radius 3 is 1.78 bits per heavy atom. The third-order valence-electron chi connectivity index (χ3n) is 5.32. The molecule has 1 heterocycles. The van der Waals surface area contributed by atoms with Crippen LogP contribution in [0.15, 0.2) is 24.3 Å². The van der Waals surface area contributed by atoms with E-state index >= 15 is 0 Å². The van der Waals surface area contributed by atoms with Gasteiger partial charge in [-0.15, -0.1) is 0 Å². The van der Waals surface area contributed by atoms with Crippen LogP contribution in [0.2, 0.25) is 0 Å². The molecule has 0 radical (unpaired) electrons. The first kappa shape index (κ1) is 23.1. The van der Waals surface area contributed by atoms with Crippen LogP contribution in [0.25, 0.3) is 0 Å². The van der Waals surface area contributed by atoms with Crippen LogP contribution < -0.4 is 29.0 Å². The standard InChI is InChI=1S/C23H28N2O7/c1-28-17-12-15(23(27)25-8-6-7-9-25)16(13-18(17)29-2)24-22(26)14-10-19(30-3)21(32-5)20(11-14)31-4/h10-13H,6-9H2,1-5H3,(H,24,26). The average molecular weight is 444 g/mol. The molecule has 0 bridgehead atoms. The normalized spacial score (nSPS) is 12.8. The van der Waals surface area contributed by atoms with Crippen molar-refractivity contribution in [3.63, 3.8) is 0 Å². The molecule has 1 N–H and O–H groups in total. The van der Waals surface area contributed by atoms with Crippen LogP contribution in [0.5, 0.6) is 28.7 Å². The summed E-state index contributed by atoms with van der Waals surface area (Å²) >= 11 is 0. The first-order valence-electron chi connectivity index (χ1n) is 10.1. The van der Waals surface area contributed by atoms with E-state index in [4.69, 9.17) is 23.7 Å². The summed E-state index contributed by atoms with van der Waals surface area (Å²) in [5.74, 6) is 1.24. The van der Waals surface area contributed by atoms with E-state index in [9.17, 15) is 9.59 Å². The number of ether oxygens (including phenoxy) is 5. The van der Waals surface area contributed by atoms with Crippen LogP contribution in [-0.2, 0) is 0 Å². The lowest BCUT2D eigenvalue weighted by atomic mass is 10.1. The number of benzene rings is 2. The summed E-state index contributed by atoms with van der Waals surface area (Å²) in [4.78, 5) is 28.1. The van der Waals surface area contributed by atoms with Gasteiger partial charge in [0.15, 0.2) is 23.0 Å². The van der Waals surface area contributed by atoms with Crippen molar-refractivity contribution in [2.45, 2.75) is 12.8 Å². The Morgan fingerprint density at radius 2 is 1.28 bits per heavy atom. The van der Waals surface area contributed by atoms with Gasteiger partial charge in [0.1, 0.15) is 0 Å². The molecule has 172 valence electrons. The molecule has 0 spiro atoms. The topological polar surface area (TPSA) is 95.6 Å². The van der Waals surface area contributed by atoms with Crippen LogP contribution in [0.4, 0.5) is 5.69 Å². The Bertz CT molecular complexity index is 975. The summed E-state index contributed by atoms with van der Waals surface area (Å²) in [7, 11) is 7.42. The van der Waals surface area contributed by atoms with E-state index in [0.717, 1.165) is 12.8 Å².